The number of amides is 1. The summed E-state index contributed by atoms with van der Waals surface area (Å²) >= 11 is 0. The normalized spacial score (nSPS) is 15.2. The predicted molar refractivity (Wildman–Crippen MR) is 106 cm³/mol. The maximum atomic E-state index is 13.2. The Bertz CT molecular complexity index is 1070. The fourth-order valence-electron chi connectivity index (χ4n) is 3.73. The Morgan fingerprint density at radius 2 is 2.00 bits per heavy atom. The summed E-state index contributed by atoms with van der Waals surface area (Å²) in [6.07, 6.45) is 3.36. The lowest BCUT2D eigenvalue weighted by Crippen LogP contribution is -2.33. The van der Waals surface area contributed by atoms with Crippen molar-refractivity contribution in [3.05, 3.63) is 36.2 Å². The molecule has 1 aliphatic heterocycles. The second kappa shape index (κ2) is 7.07. The number of likely N-dealkylation sites (N-methyl/N-ethyl adjacent to an activating group) is 1. The summed E-state index contributed by atoms with van der Waals surface area (Å²) < 4.78 is 16.3. The Morgan fingerprint density at radius 3 is 2.72 bits per heavy atom. The molecule has 152 valence electrons. The molecule has 0 saturated heterocycles. The van der Waals surface area contributed by atoms with E-state index in [1.54, 1.807) is 29.0 Å². The SMILES string of the molecule is CN1C(=O)C(C)(C)c2cc(-c3nc(-c4cnn(CCO)c4)nn3CCF)ccc21. The van der Waals surface area contributed by atoms with E-state index in [-0.39, 0.29) is 19.1 Å². The lowest BCUT2D eigenvalue weighted by Gasteiger charge is -2.16. The van der Waals surface area contributed by atoms with Gasteiger partial charge in [0.25, 0.3) is 0 Å². The van der Waals surface area contributed by atoms with Crippen LogP contribution in [0.3, 0.4) is 0 Å². The van der Waals surface area contributed by atoms with Crippen molar-refractivity contribution in [1.29, 1.82) is 0 Å². The number of halogens is 1. The Hall–Kier alpha value is -3.07. The number of aromatic nitrogens is 5. The maximum absolute atomic E-state index is 13.2. The Balaban J connectivity index is 1.78. The molecule has 1 aromatic carbocycles. The average molecular weight is 398 g/mol. The van der Waals surface area contributed by atoms with Gasteiger partial charge in [0.15, 0.2) is 11.6 Å². The molecule has 0 bridgehead atoms. The van der Waals surface area contributed by atoms with Gasteiger partial charge in [-0.2, -0.15) is 10.2 Å². The molecule has 3 heterocycles. The zero-order chi connectivity index (χ0) is 20.8. The van der Waals surface area contributed by atoms with Crippen molar-refractivity contribution < 1.29 is 14.3 Å². The monoisotopic (exact) mass is 398 g/mol. The summed E-state index contributed by atoms with van der Waals surface area (Å²) in [7, 11) is 1.77. The Labute approximate surface area is 167 Å². The van der Waals surface area contributed by atoms with Gasteiger partial charge in [-0.1, -0.05) is 0 Å². The largest absolute Gasteiger partial charge is 0.394 e. The van der Waals surface area contributed by atoms with Crippen LogP contribution in [0.1, 0.15) is 19.4 Å². The maximum Gasteiger partial charge on any atom is 0.236 e. The van der Waals surface area contributed by atoms with E-state index in [2.05, 4.69) is 15.2 Å². The summed E-state index contributed by atoms with van der Waals surface area (Å²) in [5.41, 5.74) is 2.60. The molecular formula is C20H23FN6O2. The molecule has 1 amide bonds. The lowest BCUT2D eigenvalue weighted by atomic mass is 9.85. The topological polar surface area (TPSA) is 89.1 Å². The van der Waals surface area contributed by atoms with Gasteiger partial charge in [-0.15, -0.1) is 0 Å². The van der Waals surface area contributed by atoms with E-state index >= 15 is 0 Å². The van der Waals surface area contributed by atoms with Crippen LogP contribution in [-0.4, -0.2) is 55.9 Å². The fourth-order valence-corrected chi connectivity index (χ4v) is 3.73. The second-order valence-corrected chi connectivity index (χ2v) is 7.61. The second-order valence-electron chi connectivity index (χ2n) is 7.61. The number of benzene rings is 1. The number of anilines is 1. The number of aliphatic hydroxyl groups excluding tert-OH is 1. The van der Waals surface area contributed by atoms with Crippen LogP contribution in [0.5, 0.6) is 0 Å². The third kappa shape index (κ3) is 3.11. The van der Waals surface area contributed by atoms with E-state index in [0.717, 1.165) is 16.8 Å². The van der Waals surface area contributed by atoms with Gasteiger partial charge in [-0.25, -0.2) is 14.1 Å². The average Bonchev–Trinajstić information content (AvgIpc) is 3.37. The van der Waals surface area contributed by atoms with Crippen LogP contribution in [-0.2, 0) is 23.3 Å². The van der Waals surface area contributed by atoms with E-state index in [1.807, 2.05) is 32.0 Å². The third-order valence-electron chi connectivity index (χ3n) is 5.32. The van der Waals surface area contributed by atoms with E-state index in [1.165, 1.54) is 4.68 Å². The van der Waals surface area contributed by atoms with Crippen LogP contribution in [0.2, 0.25) is 0 Å². The van der Waals surface area contributed by atoms with E-state index in [9.17, 15) is 9.18 Å². The van der Waals surface area contributed by atoms with Crippen molar-refractivity contribution >= 4 is 11.6 Å². The summed E-state index contributed by atoms with van der Waals surface area (Å²) in [4.78, 5) is 18.8. The van der Waals surface area contributed by atoms with Gasteiger partial charge >= 0.3 is 0 Å². The quantitative estimate of drug-likeness (QED) is 0.686. The first-order valence-electron chi connectivity index (χ1n) is 9.44. The van der Waals surface area contributed by atoms with E-state index < -0.39 is 12.1 Å². The number of fused-ring (bicyclic) bond motifs is 1. The van der Waals surface area contributed by atoms with Crippen LogP contribution >= 0.6 is 0 Å². The summed E-state index contributed by atoms with van der Waals surface area (Å²) in [5.74, 6) is 1.01. The highest BCUT2D eigenvalue weighted by Crippen LogP contribution is 2.42. The van der Waals surface area contributed by atoms with Crippen LogP contribution in [0.4, 0.5) is 10.1 Å². The molecule has 0 unspecified atom stereocenters. The molecule has 0 saturated carbocycles. The van der Waals surface area contributed by atoms with Crippen molar-refractivity contribution in [2.24, 2.45) is 0 Å². The molecule has 3 aromatic rings. The summed E-state index contributed by atoms with van der Waals surface area (Å²) in [6, 6.07) is 5.71. The van der Waals surface area contributed by atoms with Gasteiger partial charge in [-0.05, 0) is 37.6 Å². The fraction of sp³-hybridized carbons (Fsp3) is 0.400. The lowest BCUT2D eigenvalue weighted by molar-refractivity contribution is -0.121. The molecule has 29 heavy (non-hydrogen) atoms. The van der Waals surface area contributed by atoms with Gasteiger partial charge in [0, 0.05) is 24.5 Å². The number of carbonyl (C=O) groups is 1. The highest BCUT2D eigenvalue weighted by atomic mass is 19.1. The van der Waals surface area contributed by atoms with Crippen molar-refractivity contribution in [3.63, 3.8) is 0 Å². The molecule has 8 nitrogen and oxygen atoms in total. The van der Waals surface area contributed by atoms with Crippen LogP contribution < -0.4 is 4.90 Å². The number of hydrogen-bond donors (Lipinski definition) is 1. The van der Waals surface area contributed by atoms with Gasteiger partial charge in [0.05, 0.1) is 36.9 Å². The zero-order valence-electron chi connectivity index (χ0n) is 16.6. The molecule has 1 aliphatic rings. The predicted octanol–water partition coefficient (Wildman–Crippen LogP) is 2.02. The first-order valence-corrected chi connectivity index (χ1v) is 9.44. The third-order valence-corrected chi connectivity index (χ3v) is 5.32. The minimum absolute atomic E-state index is 0.0197. The molecule has 0 aliphatic carbocycles. The molecular weight excluding hydrogens is 375 g/mol. The van der Waals surface area contributed by atoms with Crippen LogP contribution in [0, 0.1) is 0 Å². The van der Waals surface area contributed by atoms with Crippen LogP contribution in [0.25, 0.3) is 22.8 Å². The van der Waals surface area contributed by atoms with Gasteiger partial charge in [0.1, 0.15) is 6.67 Å². The molecule has 0 spiro atoms. The number of alkyl halides is 1. The zero-order valence-corrected chi connectivity index (χ0v) is 16.6. The Morgan fingerprint density at radius 1 is 1.21 bits per heavy atom. The van der Waals surface area contributed by atoms with E-state index in [4.69, 9.17) is 5.11 Å². The molecule has 0 radical (unpaired) electrons. The van der Waals surface area contributed by atoms with Gasteiger partial charge < -0.3 is 10.0 Å². The smallest absolute Gasteiger partial charge is 0.236 e. The summed E-state index contributed by atoms with van der Waals surface area (Å²) in [5, 5.41) is 17.7. The Kier molecular flexibility index (Phi) is 4.70. The first kappa shape index (κ1) is 19.3. The van der Waals surface area contributed by atoms with Crippen molar-refractivity contribution in [1.82, 2.24) is 24.5 Å². The number of carbonyl (C=O) groups excluding carboxylic acids is 1. The van der Waals surface area contributed by atoms with Crippen molar-refractivity contribution in [2.75, 3.05) is 25.2 Å². The molecule has 9 heteroatoms. The van der Waals surface area contributed by atoms with Gasteiger partial charge in [-0.3, -0.25) is 9.48 Å². The highest BCUT2D eigenvalue weighted by molar-refractivity contribution is 6.07. The number of aliphatic hydroxyl groups is 1. The van der Waals surface area contributed by atoms with Crippen molar-refractivity contribution in [3.8, 4) is 22.8 Å². The standard InChI is InChI=1S/C20H23FN6O2/c1-20(2)15-10-13(4-5-16(15)25(3)19(20)29)18-23-17(24-27(18)7-6-21)14-11-22-26(12-14)8-9-28/h4-5,10-12,28H,6-9H2,1-3H3. The molecule has 1 N–H and O–H groups in total. The number of hydrogen-bond acceptors (Lipinski definition) is 5. The van der Waals surface area contributed by atoms with E-state index in [0.29, 0.717) is 23.8 Å². The van der Waals surface area contributed by atoms with Gasteiger partial charge in [0.2, 0.25) is 5.91 Å². The molecule has 0 atom stereocenters. The minimum atomic E-state index is -0.640. The molecule has 4 rings (SSSR count). The highest BCUT2D eigenvalue weighted by Gasteiger charge is 2.42. The number of aryl methyl sites for hydroxylation is 1. The number of rotatable bonds is 6. The number of nitrogens with zero attached hydrogens (tertiary/aromatic N) is 6. The van der Waals surface area contributed by atoms with Crippen molar-refractivity contribution in [2.45, 2.75) is 32.4 Å². The molecule has 0 fully saturated rings. The minimum Gasteiger partial charge on any atom is -0.394 e. The first-order chi connectivity index (χ1) is 13.9. The summed E-state index contributed by atoms with van der Waals surface area (Å²) in [6.45, 7) is 3.65. The van der Waals surface area contributed by atoms with Crippen LogP contribution in [0.15, 0.2) is 30.6 Å². The molecule has 2 aromatic heterocycles.